The summed E-state index contributed by atoms with van der Waals surface area (Å²) in [5.74, 6) is 0. The van der Waals surface area contributed by atoms with E-state index in [0.717, 1.165) is 10.6 Å². The molecule has 16 heavy (non-hydrogen) atoms. The second kappa shape index (κ2) is 6.70. The Hall–Kier alpha value is -0.820. The van der Waals surface area contributed by atoms with E-state index >= 15 is 0 Å². The lowest BCUT2D eigenvalue weighted by Crippen LogP contribution is -2.38. The molecule has 1 unspecified atom stereocenters. The quantitative estimate of drug-likeness (QED) is 0.511. The zero-order valence-corrected chi connectivity index (χ0v) is 11.1. The molecule has 1 aromatic carbocycles. The van der Waals surface area contributed by atoms with Crippen molar-refractivity contribution in [1.29, 1.82) is 0 Å². The second-order valence-electron chi connectivity index (χ2n) is 3.37. The molecule has 0 aliphatic carbocycles. The highest BCUT2D eigenvalue weighted by Crippen LogP contribution is 2.08. The molecule has 0 aliphatic rings. The first-order chi connectivity index (χ1) is 7.65. The summed E-state index contributed by atoms with van der Waals surface area (Å²) in [6.07, 6.45) is -1.06. The van der Waals surface area contributed by atoms with Crippen LogP contribution in [0.2, 0.25) is 0 Å². The van der Waals surface area contributed by atoms with Gasteiger partial charge in [0.1, 0.15) is 6.61 Å². The molecule has 4 nitrogen and oxygen atoms in total. The number of carboxylic acid groups (broad SMARTS) is 1. The summed E-state index contributed by atoms with van der Waals surface area (Å²) in [4.78, 5) is 16.2. The SMILES string of the molecule is CC(CI)N(OCc1ccccc1)C(=O)O. The van der Waals surface area contributed by atoms with Gasteiger partial charge in [-0.15, -0.1) is 0 Å². The normalized spacial score (nSPS) is 12.1. The molecule has 5 heteroatoms. The molecule has 0 aliphatic heterocycles. The molecule has 1 rings (SSSR count). The number of hydrogen-bond acceptors (Lipinski definition) is 2. The Morgan fingerprint density at radius 3 is 2.62 bits per heavy atom. The molecule has 1 amide bonds. The lowest BCUT2D eigenvalue weighted by atomic mass is 10.2. The zero-order valence-electron chi connectivity index (χ0n) is 8.97. The number of alkyl halides is 1. The topological polar surface area (TPSA) is 49.8 Å². The molecule has 0 spiro atoms. The van der Waals surface area contributed by atoms with Crippen LogP contribution < -0.4 is 0 Å². The van der Waals surface area contributed by atoms with Crippen LogP contribution in [0.15, 0.2) is 30.3 Å². The number of benzene rings is 1. The van der Waals surface area contributed by atoms with Crippen LogP contribution in [0, 0.1) is 0 Å². The number of hydrogen-bond donors (Lipinski definition) is 1. The molecule has 0 radical (unpaired) electrons. The highest BCUT2D eigenvalue weighted by Gasteiger charge is 2.19. The molecule has 0 fully saturated rings. The lowest BCUT2D eigenvalue weighted by molar-refractivity contribution is -0.157. The van der Waals surface area contributed by atoms with Gasteiger partial charge in [-0.05, 0) is 12.5 Å². The summed E-state index contributed by atoms with van der Waals surface area (Å²) in [6.45, 7) is 2.08. The average Bonchev–Trinajstić information content (AvgIpc) is 2.30. The molecule has 1 atom stereocenters. The Labute approximate surface area is 108 Å². The maximum absolute atomic E-state index is 10.9. The van der Waals surface area contributed by atoms with Crippen LogP contribution in [-0.2, 0) is 11.4 Å². The van der Waals surface area contributed by atoms with Crippen molar-refractivity contribution in [2.75, 3.05) is 4.43 Å². The Morgan fingerprint density at radius 2 is 2.12 bits per heavy atom. The average molecular weight is 335 g/mol. The third-order valence-electron chi connectivity index (χ3n) is 2.03. The molecule has 0 saturated carbocycles. The van der Waals surface area contributed by atoms with Gasteiger partial charge in [-0.2, -0.15) is 5.06 Å². The van der Waals surface area contributed by atoms with Crippen molar-refractivity contribution in [2.24, 2.45) is 0 Å². The number of halogens is 1. The van der Waals surface area contributed by atoms with Crippen molar-refractivity contribution in [3.63, 3.8) is 0 Å². The summed E-state index contributed by atoms with van der Waals surface area (Å²) in [6, 6.07) is 9.34. The fraction of sp³-hybridized carbons (Fsp3) is 0.364. The van der Waals surface area contributed by atoms with Crippen LogP contribution in [0.3, 0.4) is 0 Å². The standard InChI is InChI=1S/C11H14INO3/c1-9(7-12)13(11(14)15)16-8-10-5-3-2-4-6-10/h2-6,9H,7-8H2,1H3,(H,14,15). The highest BCUT2D eigenvalue weighted by atomic mass is 127. The number of nitrogens with zero attached hydrogens (tertiary/aromatic N) is 1. The predicted molar refractivity (Wildman–Crippen MR) is 69.4 cm³/mol. The van der Waals surface area contributed by atoms with Crippen LogP contribution in [0.1, 0.15) is 12.5 Å². The van der Waals surface area contributed by atoms with Crippen molar-refractivity contribution < 1.29 is 14.7 Å². The third-order valence-corrected chi connectivity index (χ3v) is 3.30. The molecule has 0 aromatic heterocycles. The fourth-order valence-corrected chi connectivity index (χ4v) is 1.51. The van der Waals surface area contributed by atoms with E-state index in [1.807, 2.05) is 37.3 Å². The highest BCUT2D eigenvalue weighted by molar-refractivity contribution is 14.1. The Morgan fingerprint density at radius 1 is 1.50 bits per heavy atom. The van der Waals surface area contributed by atoms with Crippen LogP contribution in [0.5, 0.6) is 0 Å². The van der Waals surface area contributed by atoms with Gasteiger partial charge < -0.3 is 5.11 Å². The summed E-state index contributed by atoms with van der Waals surface area (Å²) in [5, 5.41) is 9.95. The summed E-state index contributed by atoms with van der Waals surface area (Å²) < 4.78 is 0.693. The van der Waals surface area contributed by atoms with Gasteiger partial charge in [-0.3, -0.25) is 4.84 Å². The summed E-state index contributed by atoms with van der Waals surface area (Å²) in [7, 11) is 0. The molecule has 0 bridgehead atoms. The molecule has 0 heterocycles. The summed E-state index contributed by atoms with van der Waals surface area (Å²) >= 11 is 2.13. The van der Waals surface area contributed by atoms with E-state index < -0.39 is 6.09 Å². The Kier molecular flexibility index (Phi) is 5.54. The maximum Gasteiger partial charge on any atom is 0.431 e. The van der Waals surface area contributed by atoms with E-state index in [-0.39, 0.29) is 12.6 Å². The first-order valence-corrected chi connectivity index (χ1v) is 6.42. The Balaban J connectivity index is 2.54. The molecule has 1 aromatic rings. The largest absolute Gasteiger partial charge is 0.463 e. The van der Waals surface area contributed by atoms with Crippen molar-refractivity contribution in [2.45, 2.75) is 19.6 Å². The van der Waals surface area contributed by atoms with E-state index in [1.165, 1.54) is 0 Å². The Bertz CT molecular complexity index is 331. The monoisotopic (exact) mass is 335 g/mol. The molecule has 88 valence electrons. The van der Waals surface area contributed by atoms with Crippen molar-refractivity contribution >= 4 is 28.7 Å². The van der Waals surface area contributed by atoms with Crippen LogP contribution >= 0.6 is 22.6 Å². The number of amides is 1. The van der Waals surface area contributed by atoms with Crippen LogP contribution in [0.25, 0.3) is 0 Å². The van der Waals surface area contributed by atoms with Gasteiger partial charge >= 0.3 is 6.09 Å². The number of carbonyl (C=O) groups is 1. The van der Waals surface area contributed by atoms with Gasteiger partial charge in [-0.1, -0.05) is 52.9 Å². The first-order valence-electron chi connectivity index (χ1n) is 4.90. The van der Waals surface area contributed by atoms with E-state index in [0.29, 0.717) is 4.43 Å². The van der Waals surface area contributed by atoms with Crippen molar-refractivity contribution in [1.82, 2.24) is 5.06 Å². The first kappa shape index (κ1) is 13.2. The number of hydroxylamine groups is 2. The van der Waals surface area contributed by atoms with Crippen LogP contribution in [-0.4, -0.2) is 26.7 Å². The molecular weight excluding hydrogens is 321 g/mol. The maximum atomic E-state index is 10.9. The fourth-order valence-electron chi connectivity index (χ4n) is 1.15. The lowest BCUT2D eigenvalue weighted by Gasteiger charge is -2.23. The molecular formula is C11H14INO3. The van der Waals surface area contributed by atoms with Gasteiger partial charge in [0.15, 0.2) is 0 Å². The van der Waals surface area contributed by atoms with E-state index in [4.69, 9.17) is 9.94 Å². The van der Waals surface area contributed by atoms with Crippen LogP contribution in [0.4, 0.5) is 4.79 Å². The third kappa shape index (κ3) is 3.97. The van der Waals surface area contributed by atoms with E-state index in [2.05, 4.69) is 22.6 Å². The van der Waals surface area contributed by atoms with Crippen molar-refractivity contribution in [3.8, 4) is 0 Å². The van der Waals surface area contributed by atoms with E-state index in [1.54, 1.807) is 0 Å². The van der Waals surface area contributed by atoms with Gasteiger partial charge in [0, 0.05) is 4.43 Å². The van der Waals surface area contributed by atoms with Gasteiger partial charge in [0.2, 0.25) is 0 Å². The predicted octanol–water partition coefficient (Wildman–Crippen LogP) is 2.92. The smallest absolute Gasteiger partial charge is 0.431 e. The minimum atomic E-state index is -1.06. The summed E-state index contributed by atoms with van der Waals surface area (Å²) in [5.41, 5.74) is 0.953. The van der Waals surface area contributed by atoms with Gasteiger partial charge in [0.25, 0.3) is 0 Å². The molecule has 1 N–H and O–H groups in total. The van der Waals surface area contributed by atoms with Gasteiger partial charge in [0.05, 0.1) is 6.04 Å². The number of rotatable bonds is 5. The van der Waals surface area contributed by atoms with E-state index in [9.17, 15) is 4.79 Å². The zero-order chi connectivity index (χ0) is 12.0. The van der Waals surface area contributed by atoms with Crippen molar-refractivity contribution in [3.05, 3.63) is 35.9 Å². The minimum absolute atomic E-state index is 0.151. The minimum Gasteiger partial charge on any atom is -0.463 e. The molecule has 0 saturated heterocycles. The van der Waals surface area contributed by atoms with Gasteiger partial charge in [-0.25, -0.2) is 4.79 Å². The second-order valence-corrected chi connectivity index (χ2v) is 4.25.